The van der Waals surface area contributed by atoms with E-state index in [1.54, 1.807) is 25.1 Å². The van der Waals surface area contributed by atoms with Crippen LogP contribution in [-0.2, 0) is 21.4 Å². The van der Waals surface area contributed by atoms with Crippen LogP contribution in [0.3, 0.4) is 0 Å². The second kappa shape index (κ2) is 10.3. The van der Waals surface area contributed by atoms with Crippen molar-refractivity contribution in [1.29, 1.82) is 0 Å². The highest BCUT2D eigenvalue weighted by molar-refractivity contribution is 7.92. The summed E-state index contributed by atoms with van der Waals surface area (Å²) in [6.07, 6.45) is 2.58. The molecule has 1 amide bonds. The molecule has 0 aliphatic carbocycles. The summed E-state index contributed by atoms with van der Waals surface area (Å²) in [4.78, 5) is 14.8. The number of carbonyl (C=O) groups is 1. The molecule has 2 aromatic carbocycles. The van der Waals surface area contributed by atoms with Gasteiger partial charge in [0.15, 0.2) is 0 Å². The Bertz CT molecular complexity index is 1050. The monoisotopic (exact) mass is 462 g/mol. The molecule has 3 rings (SSSR count). The normalized spacial score (nSPS) is 14.9. The van der Waals surface area contributed by atoms with Crippen molar-refractivity contribution in [1.82, 2.24) is 10.3 Å². The van der Waals surface area contributed by atoms with Crippen molar-refractivity contribution in [3.63, 3.8) is 0 Å². The molecule has 31 heavy (non-hydrogen) atoms. The summed E-state index contributed by atoms with van der Waals surface area (Å²) in [5.74, 6) is -0.496. The topological polar surface area (TPSA) is 82.1 Å². The number of likely N-dealkylation sites (tertiary alicyclic amines) is 1. The molecule has 7 nitrogen and oxygen atoms in total. The molecule has 1 N–H and O–H groups in total. The number of nitrogens with one attached hydrogen (secondary N) is 1. The maximum atomic E-state index is 12.5. The minimum atomic E-state index is -3.67. The van der Waals surface area contributed by atoms with E-state index in [1.807, 2.05) is 18.2 Å². The lowest BCUT2D eigenvalue weighted by Gasteiger charge is -2.27. The Balaban J connectivity index is 1.57. The number of hydrazone groups is 1. The lowest BCUT2D eigenvalue weighted by Crippen LogP contribution is -2.40. The fourth-order valence-corrected chi connectivity index (χ4v) is 4.55. The van der Waals surface area contributed by atoms with Gasteiger partial charge in [-0.25, -0.2) is 13.8 Å². The number of nitrogens with zero attached hydrogens (tertiary/aromatic N) is 3. The summed E-state index contributed by atoms with van der Waals surface area (Å²) in [5.41, 5.74) is 5.67. The Morgan fingerprint density at radius 2 is 1.81 bits per heavy atom. The molecular formula is C22H27ClN4O3S. The highest BCUT2D eigenvalue weighted by atomic mass is 35.5. The maximum Gasteiger partial charge on any atom is 0.260 e. The molecule has 0 spiro atoms. The van der Waals surface area contributed by atoms with Gasteiger partial charge in [0, 0.05) is 43.2 Å². The molecule has 0 bridgehead atoms. The fraction of sp³-hybridized carbons (Fsp3) is 0.364. The molecule has 0 saturated carbocycles. The number of carbonyl (C=O) groups excluding carboxylic acids is 1. The van der Waals surface area contributed by atoms with Crippen LogP contribution in [0.15, 0.2) is 53.6 Å². The van der Waals surface area contributed by atoms with E-state index in [1.165, 1.54) is 5.56 Å². The van der Waals surface area contributed by atoms with Crippen LogP contribution in [0.5, 0.6) is 0 Å². The van der Waals surface area contributed by atoms with Gasteiger partial charge >= 0.3 is 0 Å². The summed E-state index contributed by atoms with van der Waals surface area (Å²) in [7, 11) is -3.67. The molecule has 1 fully saturated rings. The second-order valence-corrected chi connectivity index (χ2v) is 9.94. The highest BCUT2D eigenvalue weighted by Crippen LogP contribution is 2.28. The number of hydrogen-bond donors (Lipinski definition) is 1. The largest absolute Gasteiger partial charge is 0.298 e. The molecule has 0 radical (unpaired) electrons. The number of benzene rings is 2. The molecule has 2 aromatic rings. The SMILES string of the molecule is Cc1c(Cl)cccc1N(CC(=O)NN=C1CCN(Cc2ccccc2)CC1)S(C)(=O)=O. The standard InChI is InChI=1S/C22H27ClN4O3S/c1-17-20(23)9-6-10-21(17)27(31(2,29)30)16-22(28)25-24-19-11-13-26(14-12-19)15-18-7-4-3-5-8-18/h3-10H,11-16H2,1-2H3,(H,25,28). The quantitative estimate of drug-likeness (QED) is 0.640. The lowest BCUT2D eigenvalue weighted by atomic mass is 10.1. The summed E-state index contributed by atoms with van der Waals surface area (Å²) in [5, 5.41) is 4.68. The van der Waals surface area contributed by atoms with Crippen LogP contribution in [0, 0.1) is 6.92 Å². The van der Waals surface area contributed by atoms with Crippen LogP contribution in [0.2, 0.25) is 5.02 Å². The molecule has 1 saturated heterocycles. The van der Waals surface area contributed by atoms with Crippen LogP contribution in [0.25, 0.3) is 0 Å². The summed E-state index contributed by atoms with van der Waals surface area (Å²) in [6, 6.07) is 15.3. The first-order valence-corrected chi connectivity index (χ1v) is 12.3. The predicted octanol–water partition coefficient (Wildman–Crippen LogP) is 3.18. The maximum absolute atomic E-state index is 12.5. The number of piperidine rings is 1. The van der Waals surface area contributed by atoms with E-state index in [0.717, 1.165) is 48.7 Å². The number of sulfonamides is 1. The van der Waals surface area contributed by atoms with Crippen molar-refractivity contribution in [3.8, 4) is 0 Å². The first-order chi connectivity index (χ1) is 14.7. The van der Waals surface area contributed by atoms with E-state index in [-0.39, 0.29) is 6.54 Å². The Morgan fingerprint density at radius 1 is 1.13 bits per heavy atom. The number of rotatable bonds is 7. The van der Waals surface area contributed by atoms with Gasteiger partial charge in [-0.3, -0.25) is 14.0 Å². The van der Waals surface area contributed by atoms with Crippen molar-refractivity contribution >= 4 is 38.9 Å². The first-order valence-electron chi connectivity index (χ1n) is 10.1. The zero-order chi connectivity index (χ0) is 22.4. The zero-order valence-corrected chi connectivity index (χ0v) is 19.3. The first kappa shape index (κ1) is 23.2. The zero-order valence-electron chi connectivity index (χ0n) is 17.7. The van der Waals surface area contributed by atoms with Crippen LogP contribution in [0.4, 0.5) is 5.69 Å². The third-order valence-corrected chi connectivity index (χ3v) is 6.75. The van der Waals surface area contributed by atoms with E-state index in [0.29, 0.717) is 16.3 Å². The minimum Gasteiger partial charge on any atom is -0.298 e. The molecule has 1 heterocycles. The Hall–Kier alpha value is -2.42. The predicted molar refractivity (Wildman–Crippen MR) is 125 cm³/mol. The number of halogens is 1. The Morgan fingerprint density at radius 3 is 2.45 bits per heavy atom. The van der Waals surface area contributed by atoms with Crippen LogP contribution >= 0.6 is 11.6 Å². The van der Waals surface area contributed by atoms with Gasteiger partial charge in [0.25, 0.3) is 5.91 Å². The van der Waals surface area contributed by atoms with Gasteiger partial charge in [-0.2, -0.15) is 5.10 Å². The molecule has 0 unspecified atom stereocenters. The van der Waals surface area contributed by atoms with Gasteiger partial charge in [0.05, 0.1) is 11.9 Å². The van der Waals surface area contributed by atoms with Gasteiger partial charge in [-0.1, -0.05) is 48.0 Å². The van der Waals surface area contributed by atoms with Crippen LogP contribution in [-0.4, -0.2) is 50.8 Å². The van der Waals surface area contributed by atoms with Crippen LogP contribution in [0.1, 0.15) is 24.0 Å². The highest BCUT2D eigenvalue weighted by Gasteiger charge is 2.23. The van der Waals surface area contributed by atoms with E-state index in [2.05, 4.69) is 27.6 Å². The van der Waals surface area contributed by atoms with Crippen molar-refractivity contribution in [2.45, 2.75) is 26.3 Å². The van der Waals surface area contributed by atoms with Gasteiger partial charge in [-0.05, 0) is 30.2 Å². The van der Waals surface area contributed by atoms with Gasteiger partial charge < -0.3 is 0 Å². The van der Waals surface area contributed by atoms with E-state index < -0.39 is 15.9 Å². The van der Waals surface area contributed by atoms with Crippen molar-refractivity contribution in [2.24, 2.45) is 5.10 Å². The average molecular weight is 463 g/mol. The molecule has 1 aliphatic rings. The van der Waals surface area contributed by atoms with Gasteiger partial charge in [0.1, 0.15) is 6.54 Å². The van der Waals surface area contributed by atoms with Gasteiger partial charge in [0.2, 0.25) is 10.0 Å². The molecule has 1 aliphatic heterocycles. The van der Waals surface area contributed by atoms with Crippen molar-refractivity contribution in [3.05, 3.63) is 64.7 Å². The van der Waals surface area contributed by atoms with Crippen molar-refractivity contribution in [2.75, 3.05) is 30.2 Å². The molecule has 0 aromatic heterocycles. The number of anilines is 1. The van der Waals surface area contributed by atoms with Gasteiger partial charge in [-0.15, -0.1) is 0 Å². The molecule has 0 atom stereocenters. The Labute approximate surface area is 188 Å². The summed E-state index contributed by atoms with van der Waals surface area (Å²) in [6.45, 7) is 3.97. The summed E-state index contributed by atoms with van der Waals surface area (Å²) >= 11 is 6.12. The third-order valence-electron chi connectivity index (χ3n) is 5.22. The minimum absolute atomic E-state index is 0.364. The van der Waals surface area contributed by atoms with Crippen molar-refractivity contribution < 1.29 is 13.2 Å². The van der Waals surface area contributed by atoms with E-state index in [4.69, 9.17) is 11.6 Å². The van der Waals surface area contributed by atoms with Crippen LogP contribution < -0.4 is 9.73 Å². The Kier molecular flexibility index (Phi) is 7.69. The smallest absolute Gasteiger partial charge is 0.260 e. The summed E-state index contributed by atoms with van der Waals surface area (Å²) < 4.78 is 25.6. The second-order valence-electron chi connectivity index (χ2n) is 7.63. The lowest BCUT2D eigenvalue weighted by molar-refractivity contribution is -0.119. The third kappa shape index (κ3) is 6.53. The number of hydrogen-bond acceptors (Lipinski definition) is 5. The fourth-order valence-electron chi connectivity index (χ4n) is 3.48. The average Bonchev–Trinajstić information content (AvgIpc) is 2.74. The number of amides is 1. The van der Waals surface area contributed by atoms with E-state index in [9.17, 15) is 13.2 Å². The van der Waals surface area contributed by atoms with E-state index >= 15 is 0 Å². The molecular weight excluding hydrogens is 436 g/mol. The molecule has 166 valence electrons. The molecule has 9 heteroatoms.